The van der Waals surface area contributed by atoms with Gasteiger partial charge in [0.1, 0.15) is 5.82 Å². The molecule has 1 amide bonds. The fourth-order valence-electron chi connectivity index (χ4n) is 2.95. The molecule has 1 saturated carbocycles. The molecule has 2 rings (SSSR count). The second-order valence-electron chi connectivity index (χ2n) is 5.79. The van der Waals surface area contributed by atoms with Crippen LogP contribution in [-0.4, -0.2) is 24.7 Å². The zero-order valence-corrected chi connectivity index (χ0v) is 12.8. The first-order valence-corrected chi connectivity index (χ1v) is 7.39. The van der Waals surface area contributed by atoms with Crippen LogP contribution in [-0.2, 0) is 4.74 Å². The molecule has 3 N–H and O–H groups in total. The highest BCUT2D eigenvalue weighted by Gasteiger charge is 2.51. The van der Waals surface area contributed by atoms with E-state index in [-0.39, 0.29) is 23.4 Å². The monoisotopic (exact) mass is 294 g/mol. The summed E-state index contributed by atoms with van der Waals surface area (Å²) in [5.74, 6) is -0.935. The van der Waals surface area contributed by atoms with E-state index in [2.05, 4.69) is 19.2 Å². The standard InChI is InChI=1S/C16H23FN2O2/c1-4-16(3)13(9-14(16)21-5-2)19-12-8-10(15(18)20)6-7-11(12)17/h6-8,13-14,19H,4-5,9H2,1-3H3,(H2,18,20). The van der Waals surface area contributed by atoms with Crippen LogP contribution in [0.1, 0.15) is 44.0 Å². The van der Waals surface area contributed by atoms with E-state index in [0.717, 1.165) is 12.8 Å². The van der Waals surface area contributed by atoms with Crippen LogP contribution >= 0.6 is 0 Å². The topological polar surface area (TPSA) is 64.3 Å². The van der Waals surface area contributed by atoms with E-state index < -0.39 is 5.91 Å². The number of amides is 1. The molecule has 1 aromatic rings. The highest BCUT2D eigenvalue weighted by molar-refractivity contribution is 5.93. The Balaban J connectivity index is 2.15. The number of hydrogen-bond donors (Lipinski definition) is 2. The largest absolute Gasteiger partial charge is 0.379 e. The summed E-state index contributed by atoms with van der Waals surface area (Å²) in [4.78, 5) is 11.2. The van der Waals surface area contributed by atoms with Crippen molar-refractivity contribution in [1.82, 2.24) is 0 Å². The van der Waals surface area contributed by atoms with Gasteiger partial charge in [0.05, 0.1) is 11.8 Å². The second kappa shape index (κ2) is 6.02. The molecular formula is C16H23FN2O2. The van der Waals surface area contributed by atoms with E-state index in [9.17, 15) is 9.18 Å². The summed E-state index contributed by atoms with van der Waals surface area (Å²) < 4.78 is 19.6. The van der Waals surface area contributed by atoms with E-state index in [1.165, 1.54) is 18.2 Å². The van der Waals surface area contributed by atoms with Gasteiger partial charge in [-0.15, -0.1) is 0 Å². The molecule has 0 aliphatic heterocycles. The lowest BCUT2D eigenvalue weighted by Crippen LogP contribution is -2.59. The number of ether oxygens (including phenoxy) is 1. The van der Waals surface area contributed by atoms with Crippen LogP contribution in [0.25, 0.3) is 0 Å². The molecule has 0 radical (unpaired) electrons. The van der Waals surface area contributed by atoms with E-state index in [1.807, 2.05) is 6.92 Å². The minimum Gasteiger partial charge on any atom is -0.379 e. The maximum Gasteiger partial charge on any atom is 0.248 e. The zero-order valence-electron chi connectivity index (χ0n) is 12.8. The quantitative estimate of drug-likeness (QED) is 0.848. The highest BCUT2D eigenvalue weighted by Crippen LogP contribution is 2.47. The Labute approximate surface area is 124 Å². The molecule has 5 heteroatoms. The van der Waals surface area contributed by atoms with Crippen LogP contribution in [0.3, 0.4) is 0 Å². The molecule has 1 aliphatic carbocycles. The predicted octanol–water partition coefficient (Wildman–Crippen LogP) is 2.93. The molecule has 4 nitrogen and oxygen atoms in total. The minimum atomic E-state index is -0.558. The number of benzene rings is 1. The molecule has 0 saturated heterocycles. The number of halogens is 1. The van der Waals surface area contributed by atoms with Crippen LogP contribution in [0.4, 0.5) is 10.1 Å². The predicted molar refractivity (Wildman–Crippen MR) is 80.8 cm³/mol. The first-order valence-electron chi connectivity index (χ1n) is 7.39. The Morgan fingerprint density at radius 1 is 1.52 bits per heavy atom. The van der Waals surface area contributed by atoms with E-state index >= 15 is 0 Å². The van der Waals surface area contributed by atoms with Crippen molar-refractivity contribution in [1.29, 1.82) is 0 Å². The number of nitrogens with two attached hydrogens (primary N) is 1. The zero-order chi connectivity index (χ0) is 15.6. The number of carbonyl (C=O) groups excluding carboxylic acids is 1. The van der Waals surface area contributed by atoms with E-state index in [0.29, 0.717) is 17.9 Å². The third kappa shape index (κ3) is 2.88. The first-order chi connectivity index (χ1) is 9.92. The lowest BCUT2D eigenvalue weighted by molar-refractivity contribution is -0.109. The maximum absolute atomic E-state index is 13.9. The maximum atomic E-state index is 13.9. The van der Waals surface area contributed by atoms with Gasteiger partial charge in [0.2, 0.25) is 5.91 Å². The third-order valence-corrected chi connectivity index (χ3v) is 4.69. The highest BCUT2D eigenvalue weighted by atomic mass is 19.1. The van der Waals surface area contributed by atoms with Crippen LogP contribution in [0.2, 0.25) is 0 Å². The Hall–Kier alpha value is -1.62. The van der Waals surface area contributed by atoms with Gasteiger partial charge in [-0.25, -0.2) is 4.39 Å². The van der Waals surface area contributed by atoms with Crippen molar-refractivity contribution in [3.63, 3.8) is 0 Å². The van der Waals surface area contributed by atoms with Crippen molar-refractivity contribution in [3.8, 4) is 0 Å². The summed E-state index contributed by atoms with van der Waals surface area (Å²) in [5.41, 5.74) is 5.83. The fourth-order valence-corrected chi connectivity index (χ4v) is 2.95. The van der Waals surface area contributed by atoms with Gasteiger partial charge in [0.25, 0.3) is 0 Å². The van der Waals surface area contributed by atoms with Gasteiger partial charge >= 0.3 is 0 Å². The molecule has 1 aliphatic rings. The number of primary amides is 1. The molecule has 3 atom stereocenters. The van der Waals surface area contributed by atoms with Crippen LogP contribution < -0.4 is 11.1 Å². The summed E-state index contributed by atoms with van der Waals surface area (Å²) >= 11 is 0. The second-order valence-corrected chi connectivity index (χ2v) is 5.79. The Morgan fingerprint density at radius 2 is 2.24 bits per heavy atom. The van der Waals surface area contributed by atoms with Crippen LogP contribution in [0.5, 0.6) is 0 Å². The summed E-state index contributed by atoms with van der Waals surface area (Å²) in [6.45, 7) is 6.91. The fraction of sp³-hybridized carbons (Fsp3) is 0.562. The van der Waals surface area contributed by atoms with Crippen molar-refractivity contribution in [2.45, 2.75) is 45.8 Å². The van der Waals surface area contributed by atoms with Crippen LogP contribution in [0.15, 0.2) is 18.2 Å². The van der Waals surface area contributed by atoms with Crippen molar-refractivity contribution in [3.05, 3.63) is 29.6 Å². The van der Waals surface area contributed by atoms with Gasteiger partial charge in [-0.1, -0.05) is 13.8 Å². The van der Waals surface area contributed by atoms with Gasteiger partial charge < -0.3 is 15.8 Å². The molecule has 1 aromatic carbocycles. The average Bonchev–Trinajstić information content (AvgIpc) is 2.46. The van der Waals surface area contributed by atoms with Gasteiger partial charge in [-0.05, 0) is 38.0 Å². The number of hydrogen-bond acceptors (Lipinski definition) is 3. The number of anilines is 1. The molecular weight excluding hydrogens is 271 g/mol. The number of carbonyl (C=O) groups is 1. The summed E-state index contributed by atoms with van der Waals surface area (Å²) in [6.07, 6.45) is 1.96. The van der Waals surface area contributed by atoms with E-state index in [4.69, 9.17) is 10.5 Å². The minimum absolute atomic E-state index is 0.0365. The number of rotatable bonds is 6. The number of nitrogens with one attached hydrogen (secondary N) is 1. The van der Waals surface area contributed by atoms with Crippen molar-refractivity contribution < 1.29 is 13.9 Å². The molecule has 116 valence electrons. The lowest BCUT2D eigenvalue weighted by atomic mass is 9.61. The molecule has 21 heavy (non-hydrogen) atoms. The molecule has 1 fully saturated rings. The molecule has 0 bridgehead atoms. The third-order valence-electron chi connectivity index (χ3n) is 4.69. The smallest absolute Gasteiger partial charge is 0.248 e. The lowest BCUT2D eigenvalue weighted by Gasteiger charge is -2.54. The van der Waals surface area contributed by atoms with Gasteiger partial charge in [0.15, 0.2) is 0 Å². The Bertz CT molecular complexity index is 535. The summed E-state index contributed by atoms with van der Waals surface area (Å²) in [6, 6.07) is 4.26. The van der Waals surface area contributed by atoms with Crippen molar-refractivity contribution >= 4 is 11.6 Å². The van der Waals surface area contributed by atoms with Gasteiger partial charge in [-0.3, -0.25) is 4.79 Å². The average molecular weight is 294 g/mol. The first kappa shape index (κ1) is 15.8. The van der Waals surface area contributed by atoms with Crippen LogP contribution in [0, 0.1) is 11.2 Å². The molecule has 0 spiro atoms. The van der Waals surface area contributed by atoms with Crippen molar-refractivity contribution in [2.75, 3.05) is 11.9 Å². The Morgan fingerprint density at radius 3 is 2.81 bits per heavy atom. The SMILES string of the molecule is CCOC1CC(Nc2cc(C(N)=O)ccc2F)C1(C)CC. The van der Waals surface area contributed by atoms with Gasteiger partial charge in [0, 0.05) is 23.6 Å². The van der Waals surface area contributed by atoms with Gasteiger partial charge in [-0.2, -0.15) is 0 Å². The van der Waals surface area contributed by atoms with E-state index in [1.54, 1.807) is 0 Å². The summed E-state index contributed by atoms with van der Waals surface area (Å²) in [7, 11) is 0. The molecule has 0 heterocycles. The van der Waals surface area contributed by atoms with Crippen molar-refractivity contribution in [2.24, 2.45) is 11.1 Å². The normalized spacial score (nSPS) is 28.0. The molecule has 3 unspecified atom stereocenters. The molecule has 0 aromatic heterocycles. The Kier molecular flexibility index (Phi) is 4.52. The summed E-state index contributed by atoms with van der Waals surface area (Å²) in [5, 5.41) is 3.21.